The highest BCUT2D eigenvalue weighted by Gasteiger charge is 2.25. The van der Waals surface area contributed by atoms with E-state index < -0.39 is 0 Å². The molecule has 0 radical (unpaired) electrons. The number of methoxy groups -OCH3 is 1. The van der Waals surface area contributed by atoms with Crippen LogP contribution in [0.25, 0.3) is 0 Å². The van der Waals surface area contributed by atoms with Gasteiger partial charge < -0.3 is 15.4 Å². The zero-order valence-corrected chi connectivity index (χ0v) is 19.4. The highest BCUT2D eigenvalue weighted by molar-refractivity contribution is 6.04. The van der Waals surface area contributed by atoms with Crippen LogP contribution < -0.4 is 15.4 Å². The third kappa shape index (κ3) is 5.80. The van der Waals surface area contributed by atoms with Crippen LogP contribution in [0, 0.1) is 0 Å². The lowest BCUT2D eigenvalue weighted by molar-refractivity contribution is 0.0922. The van der Waals surface area contributed by atoms with Gasteiger partial charge in [-0.3, -0.25) is 19.5 Å². The molecule has 7 heteroatoms. The molecule has 1 fully saturated rings. The first-order valence-corrected chi connectivity index (χ1v) is 11.6. The predicted octanol–water partition coefficient (Wildman–Crippen LogP) is 4.30. The Hall–Kier alpha value is -3.71. The molecule has 1 saturated heterocycles. The highest BCUT2D eigenvalue weighted by atomic mass is 16.5. The third-order valence-electron chi connectivity index (χ3n) is 6.09. The summed E-state index contributed by atoms with van der Waals surface area (Å²) in [5.41, 5.74) is 2.57. The van der Waals surface area contributed by atoms with Gasteiger partial charge in [-0.1, -0.05) is 30.7 Å². The standard InChI is InChI=1S/C27H30N4O3/c1-34-25-13-4-3-12-23(25)24(31-15-5-2-6-16-31)19-29-26(32)20-9-7-11-22(17-20)30-27(33)21-10-8-14-28-18-21/h3-4,7-14,17-18,24H,2,5-6,15-16,19H2,1H3,(H,29,32)(H,30,33). The van der Waals surface area contributed by atoms with Gasteiger partial charge >= 0.3 is 0 Å². The molecule has 2 heterocycles. The van der Waals surface area contributed by atoms with Gasteiger partial charge in [0.15, 0.2) is 0 Å². The minimum absolute atomic E-state index is 0.0221. The van der Waals surface area contributed by atoms with Crippen LogP contribution in [0.4, 0.5) is 5.69 Å². The quantitative estimate of drug-likeness (QED) is 0.526. The molecule has 34 heavy (non-hydrogen) atoms. The molecule has 2 aromatic carbocycles. The largest absolute Gasteiger partial charge is 0.496 e. The van der Waals surface area contributed by atoms with Crippen molar-refractivity contribution in [1.29, 1.82) is 0 Å². The van der Waals surface area contributed by atoms with Crippen LogP contribution in [0.15, 0.2) is 73.1 Å². The number of para-hydroxylation sites is 1. The van der Waals surface area contributed by atoms with Gasteiger partial charge in [-0.25, -0.2) is 0 Å². The van der Waals surface area contributed by atoms with Gasteiger partial charge in [0.25, 0.3) is 11.8 Å². The van der Waals surface area contributed by atoms with E-state index in [0.29, 0.717) is 23.4 Å². The normalized spacial score (nSPS) is 14.7. The van der Waals surface area contributed by atoms with Gasteiger partial charge in [-0.2, -0.15) is 0 Å². The van der Waals surface area contributed by atoms with E-state index in [1.54, 1.807) is 49.7 Å². The lowest BCUT2D eigenvalue weighted by Crippen LogP contribution is -2.40. The van der Waals surface area contributed by atoms with Crippen molar-refractivity contribution in [2.24, 2.45) is 0 Å². The zero-order valence-electron chi connectivity index (χ0n) is 19.4. The van der Waals surface area contributed by atoms with Crippen LogP contribution in [0.2, 0.25) is 0 Å². The summed E-state index contributed by atoms with van der Waals surface area (Å²) in [4.78, 5) is 31.9. The van der Waals surface area contributed by atoms with E-state index in [-0.39, 0.29) is 17.9 Å². The van der Waals surface area contributed by atoms with Gasteiger partial charge in [-0.15, -0.1) is 0 Å². The smallest absolute Gasteiger partial charge is 0.257 e. The summed E-state index contributed by atoms with van der Waals surface area (Å²) in [6, 6.07) is 18.4. The van der Waals surface area contributed by atoms with Gasteiger partial charge in [-0.05, 0) is 62.3 Å². The molecule has 2 N–H and O–H groups in total. The number of pyridine rings is 1. The van der Waals surface area contributed by atoms with Crippen molar-refractivity contribution in [3.05, 3.63) is 89.7 Å². The second kappa shape index (κ2) is 11.4. The number of nitrogens with one attached hydrogen (secondary N) is 2. The summed E-state index contributed by atoms with van der Waals surface area (Å²) < 4.78 is 5.61. The minimum Gasteiger partial charge on any atom is -0.496 e. The number of carbonyl (C=O) groups excluding carboxylic acids is 2. The number of amides is 2. The van der Waals surface area contributed by atoms with Crippen molar-refractivity contribution < 1.29 is 14.3 Å². The Balaban J connectivity index is 1.46. The van der Waals surface area contributed by atoms with E-state index >= 15 is 0 Å². The molecular formula is C27H30N4O3. The van der Waals surface area contributed by atoms with Gasteiger partial charge in [0.05, 0.1) is 18.7 Å². The number of hydrogen-bond acceptors (Lipinski definition) is 5. The summed E-state index contributed by atoms with van der Waals surface area (Å²) in [5, 5.41) is 5.93. The Labute approximate surface area is 200 Å². The highest BCUT2D eigenvalue weighted by Crippen LogP contribution is 2.31. The van der Waals surface area contributed by atoms with Crippen LogP contribution in [0.1, 0.15) is 51.6 Å². The molecule has 7 nitrogen and oxygen atoms in total. The first-order valence-electron chi connectivity index (χ1n) is 11.6. The van der Waals surface area contributed by atoms with E-state index in [4.69, 9.17) is 4.74 Å². The van der Waals surface area contributed by atoms with E-state index in [1.165, 1.54) is 12.6 Å². The van der Waals surface area contributed by atoms with Gasteiger partial charge in [0, 0.05) is 35.8 Å². The van der Waals surface area contributed by atoms with E-state index in [9.17, 15) is 9.59 Å². The number of carbonyl (C=O) groups is 2. The average molecular weight is 459 g/mol. The summed E-state index contributed by atoms with van der Waals surface area (Å²) in [6.07, 6.45) is 6.66. The first-order chi connectivity index (χ1) is 16.7. The van der Waals surface area contributed by atoms with E-state index in [0.717, 1.165) is 37.2 Å². The maximum Gasteiger partial charge on any atom is 0.257 e. The molecule has 0 saturated carbocycles. The van der Waals surface area contributed by atoms with Gasteiger partial charge in [0.2, 0.25) is 0 Å². The van der Waals surface area contributed by atoms with Crippen molar-refractivity contribution >= 4 is 17.5 Å². The molecule has 1 aliphatic rings. The zero-order chi connectivity index (χ0) is 23.8. The molecule has 2 amide bonds. The Morgan fingerprint density at radius 3 is 2.53 bits per heavy atom. The Morgan fingerprint density at radius 2 is 1.76 bits per heavy atom. The van der Waals surface area contributed by atoms with Gasteiger partial charge in [0.1, 0.15) is 5.75 Å². The Bertz CT molecular complexity index is 1110. The predicted molar refractivity (Wildman–Crippen MR) is 132 cm³/mol. The van der Waals surface area contributed by atoms with Crippen LogP contribution >= 0.6 is 0 Å². The minimum atomic E-state index is -0.271. The summed E-state index contributed by atoms with van der Waals surface area (Å²) in [6.45, 7) is 2.45. The molecular weight excluding hydrogens is 428 g/mol. The van der Waals surface area contributed by atoms with Crippen LogP contribution in [-0.4, -0.2) is 48.4 Å². The Morgan fingerprint density at radius 1 is 0.971 bits per heavy atom. The summed E-state index contributed by atoms with van der Waals surface area (Å²) in [7, 11) is 1.68. The second-order valence-electron chi connectivity index (χ2n) is 8.34. The second-order valence-corrected chi connectivity index (χ2v) is 8.34. The molecule has 0 bridgehead atoms. The van der Waals surface area contributed by atoms with Crippen molar-refractivity contribution in [3.63, 3.8) is 0 Å². The lowest BCUT2D eigenvalue weighted by Gasteiger charge is -2.35. The number of aromatic nitrogens is 1. The number of anilines is 1. The number of hydrogen-bond donors (Lipinski definition) is 2. The molecule has 0 spiro atoms. The molecule has 4 rings (SSSR count). The van der Waals surface area contributed by atoms with Crippen molar-refractivity contribution in [2.45, 2.75) is 25.3 Å². The van der Waals surface area contributed by atoms with Crippen LogP contribution in [-0.2, 0) is 0 Å². The maximum absolute atomic E-state index is 13.0. The number of piperidine rings is 1. The number of rotatable bonds is 8. The number of nitrogens with zero attached hydrogens (tertiary/aromatic N) is 2. The van der Waals surface area contributed by atoms with Crippen molar-refractivity contribution in [3.8, 4) is 5.75 Å². The number of ether oxygens (including phenoxy) is 1. The van der Waals surface area contributed by atoms with E-state index in [1.807, 2.05) is 18.2 Å². The van der Waals surface area contributed by atoms with Crippen LogP contribution in [0.5, 0.6) is 5.75 Å². The lowest BCUT2D eigenvalue weighted by atomic mass is 10.0. The monoisotopic (exact) mass is 458 g/mol. The number of likely N-dealkylation sites (tertiary alicyclic amines) is 1. The molecule has 1 atom stereocenters. The first kappa shape index (κ1) is 23.4. The molecule has 1 unspecified atom stereocenters. The summed E-state index contributed by atoms with van der Waals surface area (Å²) in [5.74, 6) is 0.369. The fourth-order valence-electron chi connectivity index (χ4n) is 4.34. The molecule has 1 aromatic heterocycles. The molecule has 176 valence electrons. The average Bonchev–Trinajstić information content (AvgIpc) is 2.90. The molecule has 3 aromatic rings. The van der Waals surface area contributed by atoms with Crippen molar-refractivity contribution in [2.75, 3.05) is 32.1 Å². The maximum atomic E-state index is 13.0. The SMILES string of the molecule is COc1ccccc1C(CNC(=O)c1cccc(NC(=O)c2cccnc2)c1)N1CCCCC1. The molecule has 0 aliphatic carbocycles. The summed E-state index contributed by atoms with van der Waals surface area (Å²) >= 11 is 0. The fourth-order valence-corrected chi connectivity index (χ4v) is 4.34. The van der Waals surface area contributed by atoms with E-state index in [2.05, 4.69) is 26.6 Å². The fraction of sp³-hybridized carbons (Fsp3) is 0.296. The third-order valence-corrected chi connectivity index (χ3v) is 6.09. The Kier molecular flexibility index (Phi) is 7.88. The topological polar surface area (TPSA) is 83.6 Å². The van der Waals surface area contributed by atoms with Crippen LogP contribution in [0.3, 0.4) is 0 Å². The number of benzene rings is 2. The van der Waals surface area contributed by atoms with Crippen molar-refractivity contribution in [1.82, 2.24) is 15.2 Å². The molecule has 1 aliphatic heterocycles.